The lowest BCUT2D eigenvalue weighted by atomic mass is 9.90. The molecule has 3 rings (SSSR count). The van der Waals surface area contributed by atoms with E-state index in [9.17, 15) is 20.1 Å². The summed E-state index contributed by atoms with van der Waals surface area (Å²) in [5, 5.41) is 30.7. The summed E-state index contributed by atoms with van der Waals surface area (Å²) in [7, 11) is 0. The van der Waals surface area contributed by atoms with E-state index in [0.29, 0.717) is 17.5 Å². The predicted molar refractivity (Wildman–Crippen MR) is 93.1 cm³/mol. The van der Waals surface area contributed by atoms with Crippen LogP contribution in [0, 0.1) is 0 Å². The highest BCUT2D eigenvalue weighted by Gasteiger charge is 2.40. The molecule has 130 valence electrons. The van der Waals surface area contributed by atoms with Crippen LogP contribution in [0.2, 0.25) is 0 Å². The number of fused-ring (bicyclic) bond motifs is 1. The van der Waals surface area contributed by atoms with Gasteiger partial charge in [0.1, 0.15) is 22.8 Å². The van der Waals surface area contributed by atoms with Gasteiger partial charge in [0.2, 0.25) is 5.78 Å². The first-order valence-electron chi connectivity index (χ1n) is 8.05. The van der Waals surface area contributed by atoms with E-state index in [0.717, 1.165) is 11.6 Å². The molecular formula is C20H20O5. The van der Waals surface area contributed by atoms with Gasteiger partial charge in [-0.2, -0.15) is 0 Å². The second-order valence-corrected chi connectivity index (χ2v) is 6.34. The maximum Gasteiger partial charge on any atom is 0.202 e. The fourth-order valence-electron chi connectivity index (χ4n) is 2.91. The number of phenolic OH excluding ortho intramolecular Hbond substituents is 2. The summed E-state index contributed by atoms with van der Waals surface area (Å²) in [6, 6.07) is 10.0. The van der Waals surface area contributed by atoms with Crippen LogP contribution in [0.5, 0.6) is 17.2 Å². The Kier molecular flexibility index (Phi) is 4.51. The van der Waals surface area contributed by atoms with Crippen LogP contribution in [0.15, 0.2) is 48.0 Å². The van der Waals surface area contributed by atoms with Gasteiger partial charge in [0, 0.05) is 11.6 Å². The second kappa shape index (κ2) is 6.61. The molecule has 0 amide bonds. The number of rotatable bonds is 3. The Hall–Kier alpha value is -2.79. The number of carbonyl (C=O) groups excluding carboxylic acids is 1. The zero-order valence-corrected chi connectivity index (χ0v) is 14.1. The quantitative estimate of drug-likeness (QED) is 0.747. The highest BCUT2D eigenvalue weighted by molar-refractivity contribution is 6.06. The lowest BCUT2D eigenvalue weighted by Gasteiger charge is -2.31. The molecule has 0 radical (unpaired) electrons. The zero-order chi connectivity index (χ0) is 18.1. The minimum atomic E-state index is -1.43. The molecule has 1 heterocycles. The van der Waals surface area contributed by atoms with Gasteiger partial charge >= 0.3 is 0 Å². The molecule has 3 N–H and O–H groups in total. The van der Waals surface area contributed by atoms with Crippen molar-refractivity contribution < 1.29 is 24.9 Å². The molecule has 2 aromatic rings. The van der Waals surface area contributed by atoms with Crippen molar-refractivity contribution in [2.24, 2.45) is 0 Å². The van der Waals surface area contributed by atoms with Gasteiger partial charge in [0.15, 0.2) is 12.2 Å². The highest BCUT2D eigenvalue weighted by Crippen LogP contribution is 2.45. The van der Waals surface area contributed by atoms with Gasteiger partial charge in [-0.3, -0.25) is 4.79 Å². The molecular weight excluding hydrogens is 320 g/mol. The summed E-state index contributed by atoms with van der Waals surface area (Å²) in [6.45, 7) is 3.85. The van der Waals surface area contributed by atoms with E-state index >= 15 is 0 Å². The number of aliphatic hydroxyl groups is 1. The third-order valence-electron chi connectivity index (χ3n) is 4.23. The van der Waals surface area contributed by atoms with E-state index in [2.05, 4.69) is 0 Å². The topological polar surface area (TPSA) is 87.0 Å². The first-order valence-corrected chi connectivity index (χ1v) is 8.05. The highest BCUT2D eigenvalue weighted by atomic mass is 16.5. The fourth-order valence-corrected chi connectivity index (χ4v) is 2.91. The lowest BCUT2D eigenvalue weighted by Crippen LogP contribution is -2.36. The number of aromatic hydroxyl groups is 2. The standard InChI is InChI=1S/C20H20O5/c1-11(2)8-9-13-14(21)10-15(22)16-17(23)18(24)19(25-20(13)16)12-6-4-3-5-7-12/h3-8,10,18-19,21-22,24H,9H2,1-2H3/t18-,19+/m0/s1. The maximum atomic E-state index is 12.6. The van der Waals surface area contributed by atoms with Crippen LogP contribution in [-0.4, -0.2) is 27.2 Å². The molecule has 1 aliphatic heterocycles. The lowest BCUT2D eigenvalue weighted by molar-refractivity contribution is 0.0206. The number of phenols is 2. The molecule has 25 heavy (non-hydrogen) atoms. The van der Waals surface area contributed by atoms with E-state index in [1.54, 1.807) is 24.3 Å². The molecule has 1 aliphatic rings. The number of allylic oxidation sites excluding steroid dienone is 2. The van der Waals surface area contributed by atoms with Gasteiger partial charge in [0.05, 0.1) is 0 Å². The first-order chi connectivity index (χ1) is 11.9. The SMILES string of the molecule is CC(C)=CCc1c(O)cc(O)c2c1O[C@H](c1ccccc1)[C@@H](O)C2=O. The van der Waals surface area contributed by atoms with Gasteiger partial charge in [-0.15, -0.1) is 0 Å². The van der Waals surface area contributed by atoms with Gasteiger partial charge < -0.3 is 20.1 Å². The van der Waals surface area contributed by atoms with Crippen molar-refractivity contribution in [3.8, 4) is 17.2 Å². The van der Waals surface area contributed by atoms with Gasteiger partial charge in [-0.1, -0.05) is 42.0 Å². The molecule has 0 aliphatic carbocycles. The van der Waals surface area contributed by atoms with E-state index in [4.69, 9.17) is 4.74 Å². The molecule has 5 nitrogen and oxygen atoms in total. The summed E-state index contributed by atoms with van der Waals surface area (Å²) >= 11 is 0. The molecule has 0 bridgehead atoms. The summed E-state index contributed by atoms with van der Waals surface area (Å²) in [4.78, 5) is 12.6. The minimum Gasteiger partial charge on any atom is -0.507 e. The second-order valence-electron chi connectivity index (χ2n) is 6.34. The van der Waals surface area contributed by atoms with E-state index in [1.165, 1.54) is 0 Å². The fraction of sp³-hybridized carbons (Fsp3) is 0.250. The average Bonchev–Trinajstić information content (AvgIpc) is 2.57. The summed E-state index contributed by atoms with van der Waals surface area (Å²) in [6.07, 6.45) is -0.0840. The van der Waals surface area contributed by atoms with Crippen molar-refractivity contribution >= 4 is 5.78 Å². The van der Waals surface area contributed by atoms with E-state index in [1.807, 2.05) is 26.0 Å². The first kappa shape index (κ1) is 17.0. The molecule has 5 heteroatoms. The van der Waals surface area contributed by atoms with Gasteiger partial charge in [-0.25, -0.2) is 0 Å². The predicted octanol–water partition coefficient (Wildman–Crippen LogP) is 3.28. The molecule has 2 aromatic carbocycles. The Labute approximate surface area is 145 Å². The number of ketones is 1. The third-order valence-corrected chi connectivity index (χ3v) is 4.23. The van der Waals surface area contributed by atoms with Crippen LogP contribution in [0.1, 0.15) is 41.4 Å². The number of ether oxygens (including phenoxy) is 1. The van der Waals surface area contributed by atoms with E-state index in [-0.39, 0.29) is 17.1 Å². The molecule has 0 aromatic heterocycles. The molecule has 0 unspecified atom stereocenters. The van der Waals surface area contributed by atoms with Crippen LogP contribution in [0.4, 0.5) is 0 Å². The molecule has 0 saturated carbocycles. The smallest absolute Gasteiger partial charge is 0.202 e. The number of carbonyl (C=O) groups is 1. The Balaban J connectivity index is 2.14. The summed E-state index contributed by atoms with van der Waals surface area (Å²) in [5.41, 5.74) is 2.01. The number of Topliss-reactive ketones (excluding diaryl/α,β-unsaturated/α-hetero) is 1. The Morgan fingerprint density at radius 3 is 2.48 bits per heavy atom. The Morgan fingerprint density at radius 2 is 1.84 bits per heavy atom. The Bertz CT molecular complexity index is 835. The van der Waals surface area contributed by atoms with Crippen molar-refractivity contribution in [2.75, 3.05) is 0 Å². The van der Waals surface area contributed by atoms with Crippen molar-refractivity contribution in [1.29, 1.82) is 0 Å². The maximum absolute atomic E-state index is 12.6. The van der Waals surface area contributed by atoms with Crippen LogP contribution in [-0.2, 0) is 6.42 Å². The normalized spacial score (nSPS) is 19.1. The zero-order valence-electron chi connectivity index (χ0n) is 14.1. The summed E-state index contributed by atoms with van der Waals surface area (Å²) in [5.74, 6) is -1.04. The van der Waals surface area contributed by atoms with Crippen molar-refractivity contribution in [1.82, 2.24) is 0 Å². The van der Waals surface area contributed by atoms with Crippen LogP contribution in [0.25, 0.3) is 0 Å². The van der Waals surface area contributed by atoms with E-state index < -0.39 is 23.7 Å². The molecule has 0 fully saturated rings. The third kappa shape index (κ3) is 3.10. The molecule has 0 spiro atoms. The number of hydrogen-bond donors (Lipinski definition) is 3. The minimum absolute atomic E-state index is 0.0883. The van der Waals surface area contributed by atoms with Gasteiger partial charge in [-0.05, 0) is 25.8 Å². The van der Waals surface area contributed by atoms with Gasteiger partial charge in [0.25, 0.3) is 0 Å². The van der Waals surface area contributed by atoms with Crippen LogP contribution < -0.4 is 4.74 Å². The average molecular weight is 340 g/mol. The van der Waals surface area contributed by atoms with Crippen molar-refractivity contribution in [3.63, 3.8) is 0 Å². The summed E-state index contributed by atoms with van der Waals surface area (Å²) < 4.78 is 5.91. The number of aliphatic hydroxyl groups excluding tert-OH is 1. The van der Waals surface area contributed by atoms with Crippen LogP contribution in [0.3, 0.4) is 0 Å². The largest absolute Gasteiger partial charge is 0.507 e. The van der Waals surface area contributed by atoms with Crippen molar-refractivity contribution in [2.45, 2.75) is 32.5 Å². The van der Waals surface area contributed by atoms with Crippen molar-refractivity contribution in [3.05, 3.63) is 64.7 Å². The monoisotopic (exact) mass is 340 g/mol. The Morgan fingerprint density at radius 1 is 1.16 bits per heavy atom. The molecule has 0 saturated heterocycles. The number of hydrogen-bond acceptors (Lipinski definition) is 5. The van der Waals surface area contributed by atoms with Crippen LogP contribution >= 0.6 is 0 Å². The molecule has 2 atom stereocenters. The number of benzene rings is 2.